The van der Waals surface area contributed by atoms with Crippen molar-refractivity contribution < 1.29 is 15.0 Å². The van der Waals surface area contributed by atoms with Gasteiger partial charge in [0.15, 0.2) is 5.78 Å². The molecule has 2 N–H and O–H groups in total. The summed E-state index contributed by atoms with van der Waals surface area (Å²) in [5.41, 5.74) is 2.62. The van der Waals surface area contributed by atoms with Gasteiger partial charge in [-0.2, -0.15) is 0 Å². The molecule has 1 aliphatic carbocycles. The first-order valence-corrected chi connectivity index (χ1v) is 6.47. The van der Waals surface area contributed by atoms with Gasteiger partial charge >= 0.3 is 0 Å². The van der Waals surface area contributed by atoms with Gasteiger partial charge in [-0.05, 0) is 48.1 Å². The fraction of sp³-hybridized carbons (Fsp3) is 0.438. The molecule has 0 fully saturated rings. The van der Waals surface area contributed by atoms with Crippen LogP contribution in [0, 0.1) is 19.3 Å². The zero-order valence-electron chi connectivity index (χ0n) is 11.9. The van der Waals surface area contributed by atoms with Gasteiger partial charge in [-0.15, -0.1) is 0 Å². The van der Waals surface area contributed by atoms with Crippen molar-refractivity contribution in [3.8, 4) is 5.75 Å². The van der Waals surface area contributed by atoms with Crippen LogP contribution in [0.1, 0.15) is 43.4 Å². The lowest BCUT2D eigenvalue weighted by Gasteiger charge is -2.30. The molecule has 0 saturated carbocycles. The zero-order valence-corrected chi connectivity index (χ0v) is 11.9. The highest BCUT2D eigenvalue weighted by Crippen LogP contribution is 2.41. The third-order valence-corrected chi connectivity index (χ3v) is 3.62. The molecule has 0 spiro atoms. The van der Waals surface area contributed by atoms with Crippen LogP contribution < -0.4 is 0 Å². The number of carbonyl (C=O) groups excluding carboxylic acids is 1. The van der Waals surface area contributed by atoms with Crippen LogP contribution in [0.25, 0.3) is 5.57 Å². The van der Waals surface area contributed by atoms with Crippen LogP contribution in [0.4, 0.5) is 0 Å². The second kappa shape index (κ2) is 4.41. The molecule has 102 valence electrons. The number of hydrogen-bond acceptors (Lipinski definition) is 3. The molecule has 19 heavy (non-hydrogen) atoms. The van der Waals surface area contributed by atoms with Crippen LogP contribution in [0.5, 0.6) is 5.75 Å². The summed E-state index contributed by atoms with van der Waals surface area (Å²) in [6.07, 6.45) is 0.944. The van der Waals surface area contributed by atoms with E-state index in [9.17, 15) is 15.0 Å². The molecule has 0 aromatic heterocycles. The van der Waals surface area contributed by atoms with Gasteiger partial charge in [-0.25, -0.2) is 0 Å². The molecule has 1 aromatic rings. The average Bonchev–Trinajstić information content (AvgIpc) is 2.18. The van der Waals surface area contributed by atoms with Gasteiger partial charge in [0.05, 0.1) is 5.57 Å². The molecule has 0 amide bonds. The van der Waals surface area contributed by atoms with Gasteiger partial charge in [0.2, 0.25) is 0 Å². The highest BCUT2D eigenvalue weighted by atomic mass is 16.3. The van der Waals surface area contributed by atoms with E-state index in [-0.39, 0.29) is 22.7 Å². The van der Waals surface area contributed by atoms with E-state index in [2.05, 4.69) is 0 Å². The Morgan fingerprint density at radius 1 is 1.05 bits per heavy atom. The number of aliphatic hydroxyl groups is 1. The van der Waals surface area contributed by atoms with Gasteiger partial charge < -0.3 is 10.2 Å². The van der Waals surface area contributed by atoms with Crippen molar-refractivity contribution >= 4 is 11.4 Å². The van der Waals surface area contributed by atoms with E-state index in [1.165, 1.54) is 0 Å². The molecule has 0 bridgehead atoms. The number of carbonyl (C=O) groups is 1. The van der Waals surface area contributed by atoms with Crippen molar-refractivity contribution in [1.82, 2.24) is 0 Å². The minimum atomic E-state index is -0.191. The van der Waals surface area contributed by atoms with Crippen LogP contribution in [0.2, 0.25) is 0 Å². The first kappa shape index (κ1) is 13.7. The average molecular weight is 260 g/mol. The van der Waals surface area contributed by atoms with Crippen LogP contribution in [-0.4, -0.2) is 16.0 Å². The summed E-state index contributed by atoms with van der Waals surface area (Å²) in [5, 5.41) is 19.8. The number of Topliss-reactive ketones (excluding diaryl/α,β-unsaturated/α-hetero) is 1. The molecule has 0 atom stereocenters. The number of benzene rings is 1. The van der Waals surface area contributed by atoms with E-state index in [0.29, 0.717) is 18.4 Å². The lowest BCUT2D eigenvalue weighted by Crippen LogP contribution is -2.25. The minimum Gasteiger partial charge on any atom is -0.512 e. The van der Waals surface area contributed by atoms with Crippen molar-refractivity contribution in [3.05, 3.63) is 34.6 Å². The van der Waals surface area contributed by atoms with Crippen LogP contribution in [-0.2, 0) is 4.79 Å². The van der Waals surface area contributed by atoms with E-state index in [1.807, 2.05) is 27.7 Å². The SMILES string of the molecule is Cc1cc(O)cc(C)c1C1=C(O)CC(C)(C)CC1=O. The Bertz CT molecular complexity index is 557. The number of phenolic OH excluding ortho intramolecular Hbond substituents is 1. The summed E-state index contributed by atoms with van der Waals surface area (Å²) in [5.74, 6) is 0.325. The molecule has 3 heteroatoms. The number of aliphatic hydroxyl groups excluding tert-OH is 1. The van der Waals surface area contributed by atoms with Gasteiger partial charge in [0, 0.05) is 12.8 Å². The molecule has 0 heterocycles. The molecule has 0 saturated heterocycles. The number of ketones is 1. The number of aryl methyl sites for hydroxylation is 2. The summed E-state index contributed by atoms with van der Waals surface area (Å²) in [6, 6.07) is 3.24. The predicted molar refractivity (Wildman–Crippen MR) is 75.2 cm³/mol. The van der Waals surface area contributed by atoms with Crippen LogP contribution >= 0.6 is 0 Å². The van der Waals surface area contributed by atoms with Gasteiger partial charge in [0.25, 0.3) is 0 Å². The Hall–Kier alpha value is -1.77. The molecule has 1 aromatic carbocycles. The van der Waals surface area contributed by atoms with Crippen molar-refractivity contribution in [2.24, 2.45) is 5.41 Å². The lowest BCUT2D eigenvalue weighted by molar-refractivity contribution is -0.116. The molecular weight excluding hydrogens is 240 g/mol. The fourth-order valence-electron chi connectivity index (χ4n) is 2.91. The standard InChI is InChI=1S/C16H20O3/c1-9-5-11(17)6-10(2)14(9)15-12(18)7-16(3,4)8-13(15)19/h5-6,17-18H,7-8H2,1-4H3. The maximum absolute atomic E-state index is 12.3. The van der Waals surface area contributed by atoms with Crippen molar-refractivity contribution in [2.75, 3.05) is 0 Å². The summed E-state index contributed by atoms with van der Waals surface area (Å²) < 4.78 is 0. The van der Waals surface area contributed by atoms with E-state index in [4.69, 9.17) is 0 Å². The number of hydrogen-bond donors (Lipinski definition) is 2. The maximum atomic E-state index is 12.3. The van der Waals surface area contributed by atoms with Crippen LogP contribution in [0.3, 0.4) is 0 Å². The molecule has 0 unspecified atom stereocenters. The topological polar surface area (TPSA) is 57.5 Å². The third kappa shape index (κ3) is 2.50. The molecule has 1 aliphatic rings. The molecule has 0 aliphatic heterocycles. The third-order valence-electron chi connectivity index (χ3n) is 3.62. The van der Waals surface area contributed by atoms with E-state index in [0.717, 1.165) is 16.7 Å². The van der Waals surface area contributed by atoms with E-state index < -0.39 is 0 Å². The lowest BCUT2D eigenvalue weighted by atomic mass is 9.74. The smallest absolute Gasteiger partial charge is 0.167 e. The van der Waals surface area contributed by atoms with Gasteiger partial charge in [-0.3, -0.25) is 4.79 Å². The normalized spacial score (nSPS) is 18.8. The zero-order chi connectivity index (χ0) is 14.4. The first-order valence-electron chi connectivity index (χ1n) is 6.47. The number of aromatic hydroxyl groups is 1. The Morgan fingerprint density at radius 3 is 2.05 bits per heavy atom. The Kier molecular flexibility index (Phi) is 3.17. The second-order valence-electron chi connectivity index (χ2n) is 6.22. The Labute approximate surface area is 113 Å². The van der Waals surface area contributed by atoms with E-state index in [1.54, 1.807) is 12.1 Å². The highest BCUT2D eigenvalue weighted by Gasteiger charge is 2.34. The highest BCUT2D eigenvalue weighted by molar-refractivity contribution is 6.23. The van der Waals surface area contributed by atoms with E-state index >= 15 is 0 Å². The van der Waals surface area contributed by atoms with Crippen LogP contribution in [0.15, 0.2) is 17.9 Å². The molecule has 0 radical (unpaired) electrons. The summed E-state index contributed by atoms with van der Waals surface area (Å²) in [6.45, 7) is 7.65. The first-order chi connectivity index (χ1) is 8.71. The van der Waals surface area contributed by atoms with Crippen molar-refractivity contribution in [2.45, 2.75) is 40.5 Å². The summed E-state index contributed by atoms with van der Waals surface area (Å²) in [7, 11) is 0. The Morgan fingerprint density at radius 2 is 1.58 bits per heavy atom. The number of rotatable bonds is 1. The monoisotopic (exact) mass is 260 g/mol. The molecular formula is C16H20O3. The summed E-state index contributed by atoms with van der Waals surface area (Å²) in [4.78, 5) is 12.3. The number of phenols is 1. The maximum Gasteiger partial charge on any atom is 0.167 e. The molecule has 3 nitrogen and oxygen atoms in total. The largest absolute Gasteiger partial charge is 0.512 e. The Balaban J connectivity index is 2.62. The minimum absolute atomic E-state index is 0.0226. The second-order valence-corrected chi connectivity index (χ2v) is 6.22. The quantitative estimate of drug-likeness (QED) is 0.810. The summed E-state index contributed by atoms with van der Waals surface area (Å²) >= 11 is 0. The molecule has 2 rings (SSSR count). The van der Waals surface area contributed by atoms with Gasteiger partial charge in [-0.1, -0.05) is 13.8 Å². The van der Waals surface area contributed by atoms with Gasteiger partial charge in [0.1, 0.15) is 11.5 Å². The van der Waals surface area contributed by atoms with Crippen molar-refractivity contribution in [1.29, 1.82) is 0 Å². The van der Waals surface area contributed by atoms with Crippen molar-refractivity contribution in [3.63, 3.8) is 0 Å². The predicted octanol–water partition coefficient (Wildman–Crippen LogP) is 3.67. The number of allylic oxidation sites excluding steroid dienone is 2. The fourth-order valence-corrected chi connectivity index (χ4v) is 2.91.